The molecule has 3 aromatic carbocycles. The fourth-order valence-corrected chi connectivity index (χ4v) is 3.01. The quantitative estimate of drug-likeness (QED) is 0.258. The molecule has 0 fully saturated rings. The van der Waals surface area contributed by atoms with E-state index in [2.05, 4.69) is 6.92 Å². The third kappa shape index (κ3) is 5.17. The minimum absolute atomic E-state index is 0.0510. The van der Waals surface area contributed by atoms with Crippen molar-refractivity contribution in [2.45, 2.75) is 19.8 Å². The number of benzene rings is 3. The van der Waals surface area contributed by atoms with Gasteiger partial charge < -0.3 is 14.2 Å². The second kappa shape index (κ2) is 9.78. The lowest BCUT2D eigenvalue weighted by atomic mass is 10.0. The number of ether oxygens (including phenoxy) is 3. The Morgan fingerprint density at radius 1 is 0.897 bits per heavy atom. The van der Waals surface area contributed by atoms with Crippen LogP contribution < -0.4 is 14.2 Å². The molecule has 0 amide bonds. The minimum atomic E-state index is -0.0510. The molecular weight excluding hydrogens is 364 g/mol. The number of hydrogen-bond donors (Lipinski definition) is 0. The van der Waals surface area contributed by atoms with Crippen molar-refractivity contribution in [3.63, 3.8) is 0 Å². The van der Waals surface area contributed by atoms with Crippen molar-refractivity contribution in [1.82, 2.24) is 0 Å². The topological polar surface area (TPSA) is 44.8 Å². The van der Waals surface area contributed by atoms with Gasteiger partial charge in [0, 0.05) is 5.56 Å². The number of carbonyl (C=O) groups excluding carboxylic acids is 1. The van der Waals surface area contributed by atoms with Gasteiger partial charge in [-0.1, -0.05) is 43.7 Å². The summed E-state index contributed by atoms with van der Waals surface area (Å²) in [6.45, 7) is 2.78. The van der Waals surface area contributed by atoms with Crippen molar-refractivity contribution < 1.29 is 19.0 Å². The van der Waals surface area contributed by atoms with Crippen molar-refractivity contribution in [3.05, 3.63) is 71.8 Å². The lowest BCUT2D eigenvalue weighted by Crippen LogP contribution is -1.99. The first-order valence-corrected chi connectivity index (χ1v) is 9.75. The molecule has 0 unspecified atom stereocenters. The van der Waals surface area contributed by atoms with Gasteiger partial charge in [-0.05, 0) is 59.2 Å². The van der Waals surface area contributed by atoms with Crippen LogP contribution in [0.2, 0.25) is 0 Å². The van der Waals surface area contributed by atoms with E-state index in [1.165, 1.54) is 0 Å². The highest BCUT2D eigenvalue weighted by molar-refractivity contribution is 6.08. The van der Waals surface area contributed by atoms with Gasteiger partial charge in [-0.25, -0.2) is 0 Å². The molecule has 0 atom stereocenters. The molecule has 0 aromatic heterocycles. The molecule has 150 valence electrons. The summed E-state index contributed by atoms with van der Waals surface area (Å²) >= 11 is 0. The zero-order chi connectivity index (χ0) is 20.6. The van der Waals surface area contributed by atoms with Crippen LogP contribution in [0.4, 0.5) is 0 Å². The average Bonchev–Trinajstić information content (AvgIpc) is 2.77. The van der Waals surface area contributed by atoms with E-state index in [1.807, 2.05) is 54.6 Å². The molecule has 3 aromatic rings. The maximum absolute atomic E-state index is 12.6. The lowest BCUT2D eigenvalue weighted by molar-refractivity contribution is 0.104. The number of allylic oxidation sites excluding steroid dienone is 1. The zero-order valence-electron chi connectivity index (χ0n) is 17.1. The monoisotopic (exact) mass is 390 g/mol. The minimum Gasteiger partial charge on any atom is -0.497 e. The Balaban J connectivity index is 1.75. The highest BCUT2D eigenvalue weighted by Gasteiger charge is 2.07. The standard InChI is InChI=1S/C25H26O4/c1-4-5-14-29-24-13-7-18(15-25(24)28-3)6-12-23(26)21-9-8-20-17-22(27-2)11-10-19(20)16-21/h6-13,15-17H,4-5,14H2,1-3H3/b12-6+. The van der Waals surface area contributed by atoms with E-state index in [-0.39, 0.29) is 5.78 Å². The molecule has 0 heterocycles. The van der Waals surface area contributed by atoms with Gasteiger partial charge in [-0.3, -0.25) is 4.79 Å². The summed E-state index contributed by atoms with van der Waals surface area (Å²) < 4.78 is 16.4. The molecule has 29 heavy (non-hydrogen) atoms. The van der Waals surface area contributed by atoms with Crippen LogP contribution in [0, 0.1) is 0 Å². The van der Waals surface area contributed by atoms with Crippen LogP contribution in [0.3, 0.4) is 0 Å². The average molecular weight is 390 g/mol. The van der Waals surface area contributed by atoms with Gasteiger partial charge >= 0.3 is 0 Å². The summed E-state index contributed by atoms with van der Waals surface area (Å²) in [6, 6.07) is 17.1. The highest BCUT2D eigenvalue weighted by atomic mass is 16.5. The SMILES string of the molecule is CCCCOc1ccc(/C=C/C(=O)c2ccc3cc(OC)ccc3c2)cc1OC. The van der Waals surface area contributed by atoms with Crippen LogP contribution in [0.15, 0.2) is 60.7 Å². The Bertz CT molecular complexity index is 1020. The Kier molecular flexibility index (Phi) is 6.90. The maximum Gasteiger partial charge on any atom is 0.185 e. The molecular formula is C25H26O4. The second-order valence-corrected chi connectivity index (χ2v) is 6.74. The number of methoxy groups -OCH3 is 2. The molecule has 4 nitrogen and oxygen atoms in total. The Labute approximate surface area is 171 Å². The smallest absolute Gasteiger partial charge is 0.185 e. The Morgan fingerprint density at radius 2 is 1.69 bits per heavy atom. The van der Waals surface area contributed by atoms with Crippen LogP contribution >= 0.6 is 0 Å². The molecule has 3 rings (SSSR count). The molecule has 0 spiro atoms. The van der Waals surface area contributed by atoms with E-state index >= 15 is 0 Å². The fraction of sp³-hybridized carbons (Fsp3) is 0.240. The summed E-state index contributed by atoms with van der Waals surface area (Å²) in [5.74, 6) is 2.13. The van der Waals surface area contributed by atoms with Crippen molar-refractivity contribution >= 4 is 22.6 Å². The molecule has 0 saturated heterocycles. The summed E-state index contributed by atoms with van der Waals surface area (Å²) in [5, 5.41) is 2.04. The first-order chi connectivity index (χ1) is 14.1. The number of carbonyl (C=O) groups is 1. The molecule has 0 saturated carbocycles. The number of rotatable bonds is 9. The first-order valence-electron chi connectivity index (χ1n) is 9.75. The molecule has 4 heteroatoms. The molecule has 0 aliphatic carbocycles. The summed E-state index contributed by atoms with van der Waals surface area (Å²) in [7, 11) is 3.26. The van der Waals surface area contributed by atoms with Crippen LogP contribution in [0.1, 0.15) is 35.7 Å². The predicted molar refractivity (Wildman–Crippen MR) is 117 cm³/mol. The molecule has 0 aliphatic rings. The summed E-state index contributed by atoms with van der Waals surface area (Å²) in [5.41, 5.74) is 1.52. The third-order valence-electron chi connectivity index (χ3n) is 4.70. The van der Waals surface area contributed by atoms with E-state index in [1.54, 1.807) is 26.4 Å². The molecule has 0 bridgehead atoms. The van der Waals surface area contributed by atoms with Crippen molar-refractivity contribution in [2.75, 3.05) is 20.8 Å². The lowest BCUT2D eigenvalue weighted by Gasteiger charge is -2.10. The number of hydrogen-bond acceptors (Lipinski definition) is 4. The van der Waals surface area contributed by atoms with Crippen LogP contribution in [0.25, 0.3) is 16.8 Å². The van der Waals surface area contributed by atoms with Crippen molar-refractivity contribution in [1.29, 1.82) is 0 Å². The fourth-order valence-electron chi connectivity index (χ4n) is 3.01. The number of unbranched alkanes of at least 4 members (excludes halogenated alkanes) is 1. The van der Waals surface area contributed by atoms with E-state index in [9.17, 15) is 4.79 Å². The number of fused-ring (bicyclic) bond motifs is 1. The normalized spacial score (nSPS) is 11.0. The van der Waals surface area contributed by atoms with Gasteiger partial charge in [0.05, 0.1) is 20.8 Å². The summed E-state index contributed by atoms with van der Waals surface area (Å²) in [4.78, 5) is 12.6. The Hall–Kier alpha value is -3.27. The van der Waals surface area contributed by atoms with Crippen molar-refractivity contribution in [2.24, 2.45) is 0 Å². The van der Waals surface area contributed by atoms with E-state index in [0.717, 1.165) is 40.7 Å². The van der Waals surface area contributed by atoms with Gasteiger partial charge in [0.15, 0.2) is 17.3 Å². The summed E-state index contributed by atoms with van der Waals surface area (Å²) in [6.07, 6.45) is 5.45. The molecule has 0 aliphatic heterocycles. The van der Waals surface area contributed by atoms with Crippen LogP contribution in [0.5, 0.6) is 17.2 Å². The maximum atomic E-state index is 12.6. The largest absolute Gasteiger partial charge is 0.497 e. The van der Waals surface area contributed by atoms with Gasteiger partial charge in [-0.2, -0.15) is 0 Å². The van der Waals surface area contributed by atoms with Gasteiger partial charge in [0.1, 0.15) is 5.75 Å². The third-order valence-corrected chi connectivity index (χ3v) is 4.70. The van der Waals surface area contributed by atoms with E-state index < -0.39 is 0 Å². The predicted octanol–water partition coefficient (Wildman–Crippen LogP) is 5.93. The van der Waals surface area contributed by atoms with Gasteiger partial charge in [0.2, 0.25) is 0 Å². The van der Waals surface area contributed by atoms with E-state index in [0.29, 0.717) is 17.9 Å². The van der Waals surface area contributed by atoms with Crippen LogP contribution in [-0.2, 0) is 0 Å². The molecule has 0 N–H and O–H groups in total. The van der Waals surface area contributed by atoms with E-state index in [4.69, 9.17) is 14.2 Å². The van der Waals surface area contributed by atoms with Gasteiger partial charge in [0.25, 0.3) is 0 Å². The number of ketones is 1. The first kappa shape index (κ1) is 20.5. The van der Waals surface area contributed by atoms with Gasteiger partial charge in [-0.15, -0.1) is 0 Å². The molecule has 0 radical (unpaired) electrons. The van der Waals surface area contributed by atoms with Crippen molar-refractivity contribution in [3.8, 4) is 17.2 Å². The Morgan fingerprint density at radius 3 is 2.45 bits per heavy atom. The second-order valence-electron chi connectivity index (χ2n) is 6.74. The van der Waals surface area contributed by atoms with Crippen LogP contribution in [-0.4, -0.2) is 26.6 Å². The highest BCUT2D eigenvalue weighted by Crippen LogP contribution is 2.29. The zero-order valence-corrected chi connectivity index (χ0v) is 17.1.